The van der Waals surface area contributed by atoms with Crippen molar-refractivity contribution in [1.82, 2.24) is 20.0 Å². The molecule has 0 spiro atoms. The molecule has 3 rings (SSSR count). The van der Waals surface area contributed by atoms with Gasteiger partial charge in [-0.1, -0.05) is 11.6 Å². The summed E-state index contributed by atoms with van der Waals surface area (Å²) in [6.07, 6.45) is 4.37. The molecule has 0 saturated carbocycles. The molecule has 1 N–H and O–H groups in total. The van der Waals surface area contributed by atoms with E-state index in [0.717, 1.165) is 38.3 Å². The molecule has 1 aliphatic heterocycles. The van der Waals surface area contributed by atoms with Crippen molar-refractivity contribution in [2.45, 2.75) is 6.42 Å². The maximum atomic E-state index is 12.5. The van der Waals surface area contributed by atoms with Crippen LogP contribution in [0.2, 0.25) is 5.02 Å². The molecule has 6 heteroatoms. The van der Waals surface area contributed by atoms with E-state index in [1.165, 1.54) is 0 Å². The summed E-state index contributed by atoms with van der Waals surface area (Å²) in [4.78, 5) is 14.4. The Morgan fingerprint density at radius 1 is 1.19 bits per heavy atom. The summed E-state index contributed by atoms with van der Waals surface area (Å²) in [7, 11) is 0. The van der Waals surface area contributed by atoms with Crippen molar-refractivity contribution >= 4 is 17.5 Å². The standard InChI is InChI=1S/C15H17ClN4O/c16-13-2-4-14(5-3-13)20-11-12(10-18-20)15(21)19-8-1-6-17-7-9-19/h2-5,10-11,17H,1,6-9H2. The van der Waals surface area contributed by atoms with E-state index in [2.05, 4.69) is 10.4 Å². The van der Waals surface area contributed by atoms with E-state index in [1.54, 1.807) is 29.2 Å². The zero-order chi connectivity index (χ0) is 14.7. The summed E-state index contributed by atoms with van der Waals surface area (Å²) >= 11 is 5.88. The smallest absolute Gasteiger partial charge is 0.257 e. The van der Waals surface area contributed by atoms with Crippen LogP contribution in [0, 0.1) is 0 Å². The van der Waals surface area contributed by atoms with Crippen molar-refractivity contribution in [2.24, 2.45) is 0 Å². The van der Waals surface area contributed by atoms with Crippen LogP contribution in [0.15, 0.2) is 36.7 Å². The minimum absolute atomic E-state index is 0.0407. The average molecular weight is 305 g/mol. The van der Waals surface area contributed by atoms with E-state index < -0.39 is 0 Å². The summed E-state index contributed by atoms with van der Waals surface area (Å²) in [6, 6.07) is 7.36. The minimum atomic E-state index is 0.0407. The van der Waals surface area contributed by atoms with Crippen LogP contribution in [0.25, 0.3) is 5.69 Å². The van der Waals surface area contributed by atoms with Gasteiger partial charge in [-0.05, 0) is 37.2 Å². The zero-order valence-electron chi connectivity index (χ0n) is 11.6. The molecule has 1 aromatic carbocycles. The predicted octanol–water partition coefficient (Wildman–Crippen LogP) is 1.96. The van der Waals surface area contributed by atoms with Crippen LogP contribution in [-0.2, 0) is 0 Å². The molecule has 1 fully saturated rings. The van der Waals surface area contributed by atoms with Gasteiger partial charge in [-0.25, -0.2) is 4.68 Å². The lowest BCUT2D eigenvalue weighted by molar-refractivity contribution is 0.0766. The molecule has 0 aliphatic carbocycles. The molecule has 2 aromatic rings. The number of amides is 1. The van der Waals surface area contributed by atoms with E-state index in [9.17, 15) is 4.79 Å². The SMILES string of the molecule is O=C(c1cnn(-c2ccc(Cl)cc2)c1)N1CCCNCC1. The van der Waals surface area contributed by atoms with Crippen LogP contribution in [0.3, 0.4) is 0 Å². The summed E-state index contributed by atoms with van der Waals surface area (Å²) in [5.41, 5.74) is 1.50. The summed E-state index contributed by atoms with van der Waals surface area (Å²) in [5, 5.41) is 8.24. The van der Waals surface area contributed by atoms with E-state index >= 15 is 0 Å². The molecule has 5 nitrogen and oxygen atoms in total. The highest BCUT2D eigenvalue weighted by Crippen LogP contribution is 2.14. The fraction of sp³-hybridized carbons (Fsp3) is 0.333. The molecular formula is C15H17ClN4O. The second-order valence-electron chi connectivity index (χ2n) is 5.05. The van der Waals surface area contributed by atoms with Gasteiger partial charge >= 0.3 is 0 Å². The Hall–Kier alpha value is -1.85. The number of rotatable bonds is 2. The number of hydrogen-bond donors (Lipinski definition) is 1. The first kappa shape index (κ1) is 14.1. The van der Waals surface area contributed by atoms with Crippen LogP contribution in [0.5, 0.6) is 0 Å². The maximum absolute atomic E-state index is 12.5. The van der Waals surface area contributed by atoms with Gasteiger partial charge in [-0.2, -0.15) is 5.10 Å². The zero-order valence-corrected chi connectivity index (χ0v) is 12.4. The molecule has 2 heterocycles. The Morgan fingerprint density at radius 2 is 2.00 bits per heavy atom. The molecule has 1 aliphatic rings. The highest BCUT2D eigenvalue weighted by molar-refractivity contribution is 6.30. The largest absolute Gasteiger partial charge is 0.337 e. The molecular weight excluding hydrogens is 288 g/mol. The van der Waals surface area contributed by atoms with E-state index in [0.29, 0.717) is 10.6 Å². The molecule has 21 heavy (non-hydrogen) atoms. The van der Waals surface area contributed by atoms with E-state index in [1.807, 2.05) is 17.0 Å². The van der Waals surface area contributed by atoms with Crippen LogP contribution in [0.4, 0.5) is 0 Å². The van der Waals surface area contributed by atoms with Gasteiger partial charge in [0.05, 0.1) is 17.4 Å². The van der Waals surface area contributed by atoms with Gasteiger partial charge in [0.25, 0.3) is 5.91 Å². The molecule has 1 amide bonds. The number of nitrogens with one attached hydrogen (secondary N) is 1. The van der Waals surface area contributed by atoms with Crippen molar-refractivity contribution in [3.05, 3.63) is 47.2 Å². The Balaban J connectivity index is 1.77. The second kappa shape index (κ2) is 6.28. The van der Waals surface area contributed by atoms with Crippen LogP contribution in [-0.4, -0.2) is 46.8 Å². The first-order valence-electron chi connectivity index (χ1n) is 7.04. The van der Waals surface area contributed by atoms with E-state index in [4.69, 9.17) is 11.6 Å². The Labute approximate surface area is 128 Å². The van der Waals surface area contributed by atoms with Crippen LogP contribution >= 0.6 is 11.6 Å². The topological polar surface area (TPSA) is 50.2 Å². The van der Waals surface area contributed by atoms with Crippen LogP contribution < -0.4 is 5.32 Å². The van der Waals surface area contributed by atoms with Gasteiger partial charge in [0.1, 0.15) is 0 Å². The quantitative estimate of drug-likeness (QED) is 0.923. The number of hydrogen-bond acceptors (Lipinski definition) is 3. The molecule has 0 unspecified atom stereocenters. The first-order valence-corrected chi connectivity index (χ1v) is 7.42. The third-order valence-corrected chi connectivity index (χ3v) is 3.80. The number of halogens is 1. The van der Waals surface area contributed by atoms with Crippen molar-refractivity contribution in [1.29, 1.82) is 0 Å². The maximum Gasteiger partial charge on any atom is 0.257 e. The Kier molecular flexibility index (Phi) is 4.22. The number of carbonyl (C=O) groups is 1. The number of benzene rings is 1. The van der Waals surface area contributed by atoms with Crippen molar-refractivity contribution in [3.63, 3.8) is 0 Å². The molecule has 0 bridgehead atoms. The van der Waals surface area contributed by atoms with Crippen LogP contribution in [0.1, 0.15) is 16.8 Å². The third-order valence-electron chi connectivity index (χ3n) is 3.55. The minimum Gasteiger partial charge on any atom is -0.337 e. The molecule has 0 atom stereocenters. The number of nitrogens with zero attached hydrogens (tertiary/aromatic N) is 3. The van der Waals surface area contributed by atoms with Gasteiger partial charge < -0.3 is 10.2 Å². The summed E-state index contributed by atoms with van der Waals surface area (Å²) < 4.78 is 1.69. The Morgan fingerprint density at radius 3 is 2.81 bits per heavy atom. The van der Waals surface area contributed by atoms with Gasteiger partial charge in [-0.3, -0.25) is 4.79 Å². The second-order valence-corrected chi connectivity index (χ2v) is 5.48. The lowest BCUT2D eigenvalue weighted by Gasteiger charge is -2.18. The molecule has 0 radical (unpaired) electrons. The van der Waals surface area contributed by atoms with Gasteiger partial charge in [-0.15, -0.1) is 0 Å². The third kappa shape index (κ3) is 3.25. The fourth-order valence-corrected chi connectivity index (χ4v) is 2.53. The predicted molar refractivity (Wildman–Crippen MR) is 82.0 cm³/mol. The highest BCUT2D eigenvalue weighted by Gasteiger charge is 2.18. The van der Waals surface area contributed by atoms with E-state index in [-0.39, 0.29) is 5.91 Å². The van der Waals surface area contributed by atoms with Crippen molar-refractivity contribution in [3.8, 4) is 5.69 Å². The fourth-order valence-electron chi connectivity index (χ4n) is 2.40. The summed E-state index contributed by atoms with van der Waals surface area (Å²) in [5.74, 6) is 0.0407. The lowest BCUT2D eigenvalue weighted by atomic mass is 10.3. The Bertz CT molecular complexity index is 615. The number of carbonyl (C=O) groups excluding carboxylic acids is 1. The number of aromatic nitrogens is 2. The normalized spacial score (nSPS) is 15.8. The van der Waals surface area contributed by atoms with Gasteiger partial charge in [0.15, 0.2) is 0 Å². The summed E-state index contributed by atoms with van der Waals surface area (Å²) in [6.45, 7) is 3.34. The van der Waals surface area contributed by atoms with Crippen molar-refractivity contribution in [2.75, 3.05) is 26.2 Å². The molecule has 1 aromatic heterocycles. The average Bonchev–Trinajstić information content (AvgIpc) is 2.83. The first-order chi connectivity index (χ1) is 10.2. The van der Waals surface area contributed by atoms with Crippen molar-refractivity contribution < 1.29 is 4.79 Å². The van der Waals surface area contributed by atoms with Gasteiger partial charge in [0, 0.05) is 30.9 Å². The highest BCUT2D eigenvalue weighted by atomic mass is 35.5. The molecule has 1 saturated heterocycles. The molecule has 110 valence electrons. The lowest BCUT2D eigenvalue weighted by Crippen LogP contribution is -2.33. The monoisotopic (exact) mass is 304 g/mol. The van der Waals surface area contributed by atoms with Gasteiger partial charge in [0.2, 0.25) is 0 Å².